The summed E-state index contributed by atoms with van der Waals surface area (Å²) in [5, 5.41) is 18.6. The van der Waals surface area contributed by atoms with E-state index in [1.807, 2.05) is 0 Å². The number of ether oxygens (including phenoxy) is 1. The number of esters is 1. The normalized spacial score (nSPS) is 41.9. The largest absolute Gasteiger partial charge is 0.462 e. The zero-order valence-corrected chi connectivity index (χ0v) is 8.24. The molecule has 0 aromatic rings. The fraction of sp³-hybridized carbons (Fsp3) is 0.700. The van der Waals surface area contributed by atoms with Crippen LogP contribution in [0.1, 0.15) is 12.8 Å². The molecule has 1 saturated carbocycles. The molecule has 2 N–H and O–H groups in total. The Hall–Kier alpha value is -0.805. The van der Waals surface area contributed by atoms with E-state index < -0.39 is 12.1 Å². The summed E-state index contributed by atoms with van der Waals surface area (Å²) >= 11 is 0. The van der Waals surface area contributed by atoms with Crippen molar-refractivity contribution in [1.82, 2.24) is 0 Å². The van der Waals surface area contributed by atoms with Gasteiger partial charge in [-0.1, -0.05) is 12.2 Å². The zero-order chi connectivity index (χ0) is 11.0. The first-order valence-electron chi connectivity index (χ1n) is 5.07. The maximum absolute atomic E-state index is 11.0. The van der Waals surface area contributed by atoms with Crippen LogP contribution in [0.15, 0.2) is 12.2 Å². The van der Waals surface area contributed by atoms with Gasteiger partial charge in [0, 0.05) is 24.3 Å². The summed E-state index contributed by atoms with van der Waals surface area (Å²) in [6, 6.07) is -1.02. The maximum Gasteiger partial charge on any atom is 0.306 e. The van der Waals surface area contributed by atoms with Crippen LogP contribution in [-0.4, -0.2) is 42.2 Å². The van der Waals surface area contributed by atoms with E-state index in [1.165, 1.54) is 6.08 Å². The molecule has 0 spiro atoms. The standard InChI is InChI=1S/C10H13BO4/c11-9(13)2-1-5-6-3-10(14)15-8(6)4-7(5)12/h1-2,5-9,12-13H,3-4H2/b2-1+/t5-,6-,7-,8+,9-/m1/s1. The van der Waals surface area contributed by atoms with Gasteiger partial charge in [-0.15, -0.1) is 0 Å². The summed E-state index contributed by atoms with van der Waals surface area (Å²) in [5.41, 5.74) is 0. The van der Waals surface area contributed by atoms with Crippen LogP contribution in [0.4, 0.5) is 0 Å². The summed E-state index contributed by atoms with van der Waals surface area (Å²) in [7, 11) is 5.17. The molecule has 0 aromatic heterocycles. The van der Waals surface area contributed by atoms with Crippen LogP contribution in [0, 0.1) is 11.8 Å². The van der Waals surface area contributed by atoms with E-state index in [9.17, 15) is 9.90 Å². The van der Waals surface area contributed by atoms with Crippen molar-refractivity contribution in [2.75, 3.05) is 0 Å². The Bertz CT molecular complexity index is 289. The van der Waals surface area contributed by atoms with Crippen molar-refractivity contribution in [2.24, 2.45) is 11.8 Å². The minimum atomic E-state index is -1.02. The van der Waals surface area contributed by atoms with Gasteiger partial charge in [-0.25, -0.2) is 0 Å². The second kappa shape index (κ2) is 3.98. The molecule has 5 atom stereocenters. The number of aliphatic hydroxyl groups excluding tert-OH is 2. The highest BCUT2D eigenvalue weighted by molar-refractivity contribution is 6.12. The molecule has 1 heterocycles. The van der Waals surface area contributed by atoms with Crippen molar-refractivity contribution in [3.05, 3.63) is 12.2 Å². The fourth-order valence-electron chi connectivity index (χ4n) is 2.43. The van der Waals surface area contributed by atoms with E-state index in [1.54, 1.807) is 6.08 Å². The highest BCUT2D eigenvalue weighted by atomic mass is 16.6. The summed E-state index contributed by atoms with van der Waals surface area (Å²) in [6.45, 7) is 0. The number of aliphatic hydroxyl groups is 2. The summed E-state index contributed by atoms with van der Waals surface area (Å²) < 4.78 is 5.07. The minimum Gasteiger partial charge on any atom is -0.462 e. The molecule has 1 aliphatic heterocycles. The SMILES string of the molecule is [B][C@H](O)/C=C/[C@@H]1[C@H]2CC(=O)O[C@H]2C[C@H]1O. The van der Waals surface area contributed by atoms with Crippen molar-refractivity contribution in [3.63, 3.8) is 0 Å². The predicted molar refractivity (Wildman–Crippen MR) is 53.0 cm³/mol. The van der Waals surface area contributed by atoms with Crippen molar-refractivity contribution in [1.29, 1.82) is 0 Å². The Kier molecular flexibility index (Phi) is 2.84. The first-order valence-corrected chi connectivity index (χ1v) is 5.07. The molecule has 4 nitrogen and oxygen atoms in total. The molecule has 2 fully saturated rings. The van der Waals surface area contributed by atoms with E-state index in [2.05, 4.69) is 0 Å². The Balaban J connectivity index is 2.07. The van der Waals surface area contributed by atoms with Gasteiger partial charge in [0.05, 0.1) is 12.5 Å². The van der Waals surface area contributed by atoms with E-state index in [0.717, 1.165) is 0 Å². The highest BCUT2D eigenvalue weighted by Gasteiger charge is 2.48. The van der Waals surface area contributed by atoms with Gasteiger partial charge >= 0.3 is 5.97 Å². The third kappa shape index (κ3) is 2.08. The molecule has 0 bridgehead atoms. The lowest BCUT2D eigenvalue weighted by Crippen LogP contribution is -2.18. The minimum absolute atomic E-state index is 0.0301. The Morgan fingerprint density at radius 3 is 3.00 bits per heavy atom. The van der Waals surface area contributed by atoms with Gasteiger partial charge in [-0.05, 0) is 0 Å². The van der Waals surface area contributed by atoms with Gasteiger partial charge in [-0.3, -0.25) is 4.79 Å². The summed E-state index contributed by atoms with van der Waals surface area (Å²) in [6.07, 6.45) is 3.25. The maximum atomic E-state index is 11.0. The zero-order valence-electron chi connectivity index (χ0n) is 8.24. The van der Waals surface area contributed by atoms with E-state index in [0.29, 0.717) is 12.8 Å². The van der Waals surface area contributed by atoms with Crippen LogP contribution >= 0.6 is 0 Å². The lowest BCUT2D eigenvalue weighted by molar-refractivity contribution is -0.141. The topological polar surface area (TPSA) is 66.8 Å². The fourth-order valence-corrected chi connectivity index (χ4v) is 2.43. The molecule has 5 heteroatoms. The summed E-state index contributed by atoms with van der Waals surface area (Å²) in [4.78, 5) is 11.0. The van der Waals surface area contributed by atoms with Crippen molar-refractivity contribution >= 4 is 13.8 Å². The third-order valence-electron chi connectivity index (χ3n) is 3.11. The summed E-state index contributed by atoms with van der Waals surface area (Å²) in [5.74, 6) is -0.314. The highest BCUT2D eigenvalue weighted by Crippen LogP contribution is 2.41. The number of fused-ring (bicyclic) bond motifs is 1. The van der Waals surface area contributed by atoms with Gasteiger partial charge in [0.15, 0.2) is 0 Å². The molecule has 0 unspecified atom stereocenters. The molecule has 15 heavy (non-hydrogen) atoms. The number of carbonyl (C=O) groups is 1. The molecule has 0 amide bonds. The van der Waals surface area contributed by atoms with Crippen LogP contribution in [0.3, 0.4) is 0 Å². The van der Waals surface area contributed by atoms with E-state index in [-0.39, 0.29) is 23.9 Å². The van der Waals surface area contributed by atoms with Gasteiger partial charge in [0.2, 0.25) is 0 Å². The molecule has 1 aliphatic carbocycles. The number of hydrogen-bond donors (Lipinski definition) is 2. The van der Waals surface area contributed by atoms with Crippen LogP contribution < -0.4 is 0 Å². The number of rotatable bonds is 2. The monoisotopic (exact) mass is 208 g/mol. The van der Waals surface area contributed by atoms with Crippen molar-refractivity contribution in [2.45, 2.75) is 31.1 Å². The van der Waals surface area contributed by atoms with Gasteiger partial charge in [0.1, 0.15) is 14.0 Å². The first kappa shape index (κ1) is 10.7. The lowest BCUT2D eigenvalue weighted by Gasteiger charge is -2.14. The van der Waals surface area contributed by atoms with E-state index >= 15 is 0 Å². The molecule has 2 radical (unpaired) electrons. The lowest BCUT2D eigenvalue weighted by atomic mass is 9.90. The molecule has 0 aromatic carbocycles. The molecule has 1 saturated heterocycles. The van der Waals surface area contributed by atoms with Crippen LogP contribution in [0.2, 0.25) is 0 Å². The molecule has 2 aliphatic rings. The molecular weight excluding hydrogens is 195 g/mol. The quantitative estimate of drug-likeness (QED) is 0.359. The molecule has 2 rings (SSSR count). The number of carbonyl (C=O) groups excluding carboxylic acids is 1. The second-order valence-corrected chi connectivity index (χ2v) is 4.15. The van der Waals surface area contributed by atoms with Crippen molar-refractivity contribution in [3.8, 4) is 0 Å². The smallest absolute Gasteiger partial charge is 0.306 e. The van der Waals surface area contributed by atoms with Gasteiger partial charge in [0.25, 0.3) is 0 Å². The van der Waals surface area contributed by atoms with E-state index in [4.69, 9.17) is 17.7 Å². The molecule has 80 valence electrons. The van der Waals surface area contributed by atoms with Crippen LogP contribution in [0.5, 0.6) is 0 Å². The predicted octanol–water partition coefficient (Wildman–Crippen LogP) is -0.658. The Morgan fingerprint density at radius 1 is 1.60 bits per heavy atom. The first-order chi connectivity index (χ1) is 7.08. The molecular formula is C10H13BO4. The average molecular weight is 208 g/mol. The van der Waals surface area contributed by atoms with Gasteiger partial charge in [-0.2, -0.15) is 0 Å². The Labute approximate surface area is 89.3 Å². The van der Waals surface area contributed by atoms with Crippen LogP contribution in [0.25, 0.3) is 0 Å². The van der Waals surface area contributed by atoms with Gasteiger partial charge < -0.3 is 14.9 Å². The Morgan fingerprint density at radius 2 is 2.33 bits per heavy atom. The van der Waals surface area contributed by atoms with Crippen molar-refractivity contribution < 1.29 is 19.7 Å². The average Bonchev–Trinajstić information content (AvgIpc) is 2.57. The number of hydrogen-bond acceptors (Lipinski definition) is 4. The third-order valence-corrected chi connectivity index (χ3v) is 3.11. The second-order valence-electron chi connectivity index (χ2n) is 4.15. The van der Waals surface area contributed by atoms with Crippen LogP contribution in [-0.2, 0) is 9.53 Å².